The topological polar surface area (TPSA) is 39.2 Å². The summed E-state index contributed by atoms with van der Waals surface area (Å²) in [6.07, 6.45) is -1.52. The van der Waals surface area contributed by atoms with E-state index in [0.29, 0.717) is 6.20 Å². The van der Waals surface area contributed by atoms with E-state index in [9.17, 15) is 18.0 Å². The van der Waals surface area contributed by atoms with Gasteiger partial charge in [-0.05, 0) is 6.92 Å². The minimum absolute atomic E-state index is 0.0106. The lowest BCUT2D eigenvalue weighted by Crippen LogP contribution is -2.11. The largest absolute Gasteiger partial charge is 0.462 e. The van der Waals surface area contributed by atoms with Crippen LogP contribution in [0.25, 0.3) is 0 Å². The van der Waals surface area contributed by atoms with Gasteiger partial charge in [-0.15, -0.1) is 0 Å². The van der Waals surface area contributed by atoms with Crippen LogP contribution in [-0.2, 0) is 4.74 Å². The van der Waals surface area contributed by atoms with Crippen LogP contribution in [0.4, 0.5) is 13.2 Å². The van der Waals surface area contributed by atoms with E-state index in [0.717, 1.165) is 6.20 Å². The molecule has 0 bridgehead atoms. The van der Waals surface area contributed by atoms with Crippen LogP contribution < -0.4 is 0 Å². The fourth-order valence-corrected chi connectivity index (χ4v) is 1.03. The molecule has 0 N–H and O–H groups in total. The van der Waals surface area contributed by atoms with E-state index in [4.69, 9.17) is 0 Å². The number of halogens is 3. The summed E-state index contributed by atoms with van der Waals surface area (Å²) in [7, 11) is 0. The van der Waals surface area contributed by atoms with E-state index in [1.54, 1.807) is 0 Å². The van der Waals surface area contributed by atoms with E-state index < -0.39 is 29.3 Å². The predicted octanol–water partition coefficient (Wildman–Crippen LogP) is 2.33. The molecular weight excluding hydrogens is 211 g/mol. The Bertz CT molecular complexity index is 368. The van der Waals surface area contributed by atoms with E-state index in [1.807, 2.05) is 0 Å². The smallest absolute Gasteiger partial charge is 0.341 e. The summed E-state index contributed by atoms with van der Waals surface area (Å²) in [4.78, 5) is 14.4. The lowest BCUT2D eigenvalue weighted by Gasteiger charge is -2.07. The highest BCUT2D eigenvalue weighted by molar-refractivity contribution is 5.91. The van der Waals surface area contributed by atoms with Gasteiger partial charge in [0, 0.05) is 6.20 Å². The summed E-state index contributed by atoms with van der Waals surface area (Å²) >= 11 is 0. The minimum atomic E-state index is -2.97. The van der Waals surface area contributed by atoms with Gasteiger partial charge in [-0.2, -0.15) is 0 Å². The zero-order chi connectivity index (χ0) is 11.4. The van der Waals surface area contributed by atoms with E-state index in [2.05, 4.69) is 9.72 Å². The van der Waals surface area contributed by atoms with Crippen molar-refractivity contribution >= 4 is 5.97 Å². The maximum Gasteiger partial charge on any atom is 0.341 e. The molecule has 0 saturated heterocycles. The number of pyridine rings is 1. The second-order valence-corrected chi connectivity index (χ2v) is 2.61. The van der Waals surface area contributed by atoms with Gasteiger partial charge in [0.2, 0.25) is 0 Å². The van der Waals surface area contributed by atoms with Crippen molar-refractivity contribution in [3.8, 4) is 0 Å². The van der Waals surface area contributed by atoms with Gasteiger partial charge < -0.3 is 4.74 Å². The first-order valence-corrected chi connectivity index (χ1v) is 4.16. The molecule has 1 aromatic heterocycles. The van der Waals surface area contributed by atoms with E-state index in [-0.39, 0.29) is 6.61 Å². The van der Waals surface area contributed by atoms with Crippen molar-refractivity contribution in [3.63, 3.8) is 0 Å². The fourth-order valence-electron chi connectivity index (χ4n) is 1.03. The molecule has 6 heteroatoms. The highest BCUT2D eigenvalue weighted by Crippen LogP contribution is 2.24. The van der Waals surface area contributed by atoms with Crippen molar-refractivity contribution in [3.05, 3.63) is 29.3 Å². The molecule has 1 rings (SSSR count). The number of rotatable bonds is 3. The Morgan fingerprint density at radius 3 is 2.73 bits per heavy atom. The van der Waals surface area contributed by atoms with Crippen molar-refractivity contribution in [1.29, 1.82) is 0 Å². The molecule has 15 heavy (non-hydrogen) atoms. The summed E-state index contributed by atoms with van der Waals surface area (Å²) in [5.74, 6) is -2.21. The third-order valence-electron chi connectivity index (χ3n) is 1.64. The Kier molecular flexibility index (Phi) is 3.65. The van der Waals surface area contributed by atoms with Crippen LogP contribution in [0.2, 0.25) is 0 Å². The van der Waals surface area contributed by atoms with Crippen molar-refractivity contribution in [1.82, 2.24) is 4.98 Å². The molecule has 0 unspecified atom stereocenters. The van der Waals surface area contributed by atoms with Gasteiger partial charge in [-0.3, -0.25) is 4.98 Å². The molecule has 82 valence electrons. The van der Waals surface area contributed by atoms with Crippen molar-refractivity contribution in [2.75, 3.05) is 6.61 Å². The van der Waals surface area contributed by atoms with Crippen molar-refractivity contribution in [2.45, 2.75) is 13.3 Å². The van der Waals surface area contributed by atoms with Crippen molar-refractivity contribution in [2.24, 2.45) is 0 Å². The van der Waals surface area contributed by atoms with Crippen LogP contribution in [0.15, 0.2) is 12.4 Å². The summed E-state index contributed by atoms with van der Waals surface area (Å²) in [5.41, 5.74) is -1.50. The summed E-state index contributed by atoms with van der Waals surface area (Å²) in [6.45, 7) is 1.49. The number of esters is 1. The average Bonchev–Trinajstić information content (AvgIpc) is 2.17. The van der Waals surface area contributed by atoms with E-state index in [1.165, 1.54) is 6.92 Å². The monoisotopic (exact) mass is 219 g/mol. The molecule has 0 aliphatic carbocycles. The number of hydrogen-bond acceptors (Lipinski definition) is 3. The Labute approximate surface area is 83.9 Å². The Morgan fingerprint density at radius 1 is 1.53 bits per heavy atom. The second-order valence-electron chi connectivity index (χ2n) is 2.61. The maximum absolute atomic E-state index is 13.1. The summed E-state index contributed by atoms with van der Waals surface area (Å²) < 4.78 is 42.3. The molecule has 0 aliphatic rings. The normalized spacial score (nSPS) is 10.5. The SMILES string of the molecule is CCOC(=O)c1c(F)cncc1C(F)F. The number of aromatic nitrogens is 1. The molecular formula is C9H8F3NO2. The van der Waals surface area contributed by atoms with Crippen LogP contribution in [0.3, 0.4) is 0 Å². The molecule has 0 aromatic carbocycles. The van der Waals surface area contributed by atoms with Gasteiger partial charge in [0.05, 0.1) is 18.4 Å². The molecule has 0 aliphatic heterocycles. The van der Waals surface area contributed by atoms with E-state index >= 15 is 0 Å². The number of carbonyl (C=O) groups excluding carboxylic acids is 1. The first-order chi connectivity index (χ1) is 7.07. The molecule has 1 heterocycles. The number of ether oxygens (including phenoxy) is 1. The lowest BCUT2D eigenvalue weighted by atomic mass is 10.1. The number of alkyl halides is 2. The van der Waals surface area contributed by atoms with Gasteiger partial charge >= 0.3 is 5.97 Å². The third kappa shape index (κ3) is 2.45. The zero-order valence-corrected chi connectivity index (χ0v) is 7.84. The molecule has 3 nitrogen and oxygen atoms in total. The average molecular weight is 219 g/mol. The number of carbonyl (C=O) groups is 1. The molecule has 0 amide bonds. The Hall–Kier alpha value is -1.59. The first-order valence-electron chi connectivity index (χ1n) is 4.16. The minimum Gasteiger partial charge on any atom is -0.462 e. The molecule has 1 aromatic rings. The van der Waals surface area contributed by atoms with Gasteiger partial charge in [0.25, 0.3) is 6.43 Å². The zero-order valence-electron chi connectivity index (χ0n) is 7.84. The highest BCUT2D eigenvalue weighted by atomic mass is 19.3. The van der Waals surface area contributed by atoms with Crippen molar-refractivity contribution < 1.29 is 22.7 Å². The molecule has 0 fully saturated rings. The van der Waals surface area contributed by atoms with Crippen LogP contribution in [0.5, 0.6) is 0 Å². The quantitative estimate of drug-likeness (QED) is 0.732. The fraction of sp³-hybridized carbons (Fsp3) is 0.333. The summed E-state index contributed by atoms with van der Waals surface area (Å²) in [5, 5.41) is 0. The van der Waals surface area contributed by atoms with Gasteiger partial charge in [-0.1, -0.05) is 0 Å². The Morgan fingerprint density at radius 2 is 2.20 bits per heavy atom. The molecule has 0 saturated carbocycles. The van der Waals surface area contributed by atoms with Gasteiger partial charge in [0.1, 0.15) is 5.56 Å². The maximum atomic E-state index is 13.1. The molecule has 0 spiro atoms. The standard InChI is InChI=1S/C9H8F3NO2/c1-2-15-9(14)7-5(8(11)12)3-13-4-6(7)10/h3-4,8H,2H2,1H3. The lowest BCUT2D eigenvalue weighted by molar-refractivity contribution is 0.0509. The molecule has 0 radical (unpaired) electrons. The van der Waals surface area contributed by atoms with Crippen LogP contribution >= 0.6 is 0 Å². The first kappa shape index (κ1) is 11.5. The predicted molar refractivity (Wildman–Crippen MR) is 45.1 cm³/mol. The summed E-state index contributed by atoms with van der Waals surface area (Å²) in [6, 6.07) is 0. The second kappa shape index (κ2) is 4.77. The van der Waals surface area contributed by atoms with Crippen LogP contribution in [-0.4, -0.2) is 17.6 Å². The van der Waals surface area contributed by atoms with Crippen LogP contribution in [0.1, 0.15) is 29.3 Å². The van der Waals surface area contributed by atoms with Crippen LogP contribution in [0, 0.1) is 5.82 Å². The number of hydrogen-bond donors (Lipinski definition) is 0. The van der Waals surface area contributed by atoms with Gasteiger partial charge in [-0.25, -0.2) is 18.0 Å². The van der Waals surface area contributed by atoms with Gasteiger partial charge in [0.15, 0.2) is 5.82 Å². The molecule has 0 atom stereocenters. The highest BCUT2D eigenvalue weighted by Gasteiger charge is 2.23. The third-order valence-corrected chi connectivity index (χ3v) is 1.64. The number of nitrogens with zero attached hydrogens (tertiary/aromatic N) is 1. The Balaban J connectivity index is 3.18.